The number of hydrogen-bond donors (Lipinski definition) is 1. The Bertz CT molecular complexity index is 329. The van der Waals surface area contributed by atoms with Crippen molar-refractivity contribution in [2.75, 3.05) is 20.1 Å². The number of nitrogens with zero attached hydrogens (tertiary/aromatic N) is 2. The molecule has 1 saturated heterocycles. The van der Waals surface area contributed by atoms with Gasteiger partial charge in [-0.1, -0.05) is 0 Å². The van der Waals surface area contributed by atoms with Crippen molar-refractivity contribution in [1.82, 2.24) is 15.2 Å². The lowest BCUT2D eigenvalue weighted by Gasteiger charge is -2.35. The van der Waals surface area contributed by atoms with E-state index in [4.69, 9.17) is 0 Å². The molecule has 0 aliphatic carbocycles. The first kappa shape index (κ1) is 12.0. The van der Waals surface area contributed by atoms with Crippen molar-refractivity contribution in [2.45, 2.75) is 38.8 Å². The Morgan fingerprint density at radius 2 is 2.19 bits per heavy atom. The molecule has 2 heterocycles. The van der Waals surface area contributed by atoms with Crippen LogP contribution in [0, 0.1) is 6.92 Å². The predicted octanol–water partition coefficient (Wildman–Crippen LogP) is 2.20. The van der Waals surface area contributed by atoms with Crippen LogP contribution in [-0.4, -0.2) is 36.1 Å². The third kappa shape index (κ3) is 2.62. The van der Waals surface area contributed by atoms with Gasteiger partial charge in [-0.3, -0.25) is 4.90 Å². The summed E-state index contributed by atoms with van der Waals surface area (Å²) in [5.41, 5.74) is 0. The summed E-state index contributed by atoms with van der Waals surface area (Å²) in [5.74, 6) is 0. The third-order valence-electron chi connectivity index (χ3n) is 3.48. The molecule has 16 heavy (non-hydrogen) atoms. The van der Waals surface area contributed by atoms with E-state index in [9.17, 15) is 0 Å². The lowest BCUT2D eigenvalue weighted by molar-refractivity contribution is 0.155. The molecule has 1 aromatic rings. The molecule has 1 aromatic heterocycles. The van der Waals surface area contributed by atoms with Gasteiger partial charge < -0.3 is 5.32 Å². The van der Waals surface area contributed by atoms with E-state index >= 15 is 0 Å². The van der Waals surface area contributed by atoms with E-state index in [0.717, 1.165) is 0 Å². The molecule has 1 fully saturated rings. The Morgan fingerprint density at radius 1 is 1.50 bits per heavy atom. The van der Waals surface area contributed by atoms with Crippen molar-refractivity contribution in [3.63, 3.8) is 0 Å². The molecule has 1 aliphatic rings. The van der Waals surface area contributed by atoms with Gasteiger partial charge in [-0.25, -0.2) is 4.98 Å². The van der Waals surface area contributed by atoms with Crippen LogP contribution in [-0.2, 0) is 0 Å². The number of rotatable bonds is 3. The van der Waals surface area contributed by atoms with Gasteiger partial charge in [0.05, 0.1) is 6.04 Å². The van der Waals surface area contributed by atoms with E-state index in [0.29, 0.717) is 12.1 Å². The molecule has 0 saturated carbocycles. The minimum atomic E-state index is 0.483. The molecule has 0 spiro atoms. The zero-order valence-corrected chi connectivity index (χ0v) is 11.2. The highest BCUT2D eigenvalue weighted by molar-refractivity contribution is 7.11. The van der Waals surface area contributed by atoms with E-state index in [1.165, 1.54) is 35.8 Å². The average Bonchev–Trinajstić information content (AvgIpc) is 2.75. The molecule has 3 nitrogen and oxygen atoms in total. The molecule has 0 radical (unpaired) electrons. The van der Waals surface area contributed by atoms with Crippen molar-refractivity contribution < 1.29 is 0 Å². The minimum Gasteiger partial charge on any atom is -0.317 e. The third-order valence-corrected chi connectivity index (χ3v) is 4.57. The molecule has 1 unspecified atom stereocenters. The summed E-state index contributed by atoms with van der Waals surface area (Å²) in [4.78, 5) is 8.35. The molecule has 4 heteroatoms. The highest BCUT2D eigenvalue weighted by Gasteiger charge is 2.23. The van der Waals surface area contributed by atoms with Gasteiger partial charge >= 0.3 is 0 Å². The second-order valence-corrected chi connectivity index (χ2v) is 5.85. The summed E-state index contributed by atoms with van der Waals surface area (Å²) in [6, 6.07) is 1.19. The highest BCUT2D eigenvalue weighted by Crippen LogP contribution is 2.27. The van der Waals surface area contributed by atoms with Gasteiger partial charge in [0.25, 0.3) is 0 Å². The average molecular weight is 239 g/mol. The second kappa shape index (κ2) is 5.25. The van der Waals surface area contributed by atoms with Crippen LogP contribution in [0.2, 0.25) is 0 Å². The highest BCUT2D eigenvalue weighted by atomic mass is 32.1. The molecule has 0 amide bonds. The van der Waals surface area contributed by atoms with Gasteiger partial charge in [0.2, 0.25) is 0 Å². The SMILES string of the molecule is CNC1CCN(C(C)c2ncc(C)s2)CC1. The normalized spacial score (nSPS) is 21.2. The van der Waals surface area contributed by atoms with Crippen molar-refractivity contribution in [2.24, 2.45) is 0 Å². The standard InChI is InChI=1S/C12H21N3S/c1-9-8-14-12(16-9)10(2)15-6-4-11(13-3)5-7-15/h8,10-11,13H,4-7H2,1-3H3. The fourth-order valence-corrected chi connectivity index (χ4v) is 3.16. The zero-order chi connectivity index (χ0) is 11.5. The molecule has 0 aromatic carbocycles. The number of likely N-dealkylation sites (tertiary alicyclic amines) is 1. The molecule has 2 rings (SSSR count). The Labute approximate surface area is 102 Å². The van der Waals surface area contributed by atoms with Crippen LogP contribution in [0.15, 0.2) is 6.20 Å². The maximum Gasteiger partial charge on any atom is 0.110 e. The van der Waals surface area contributed by atoms with Gasteiger partial charge in [-0.05, 0) is 33.7 Å². The van der Waals surface area contributed by atoms with Crippen LogP contribution in [0.4, 0.5) is 0 Å². The lowest BCUT2D eigenvalue weighted by Crippen LogP contribution is -2.42. The van der Waals surface area contributed by atoms with E-state index < -0.39 is 0 Å². The van der Waals surface area contributed by atoms with Crippen LogP contribution in [0.1, 0.15) is 35.7 Å². The number of nitrogens with one attached hydrogen (secondary N) is 1. The molecule has 90 valence electrons. The van der Waals surface area contributed by atoms with Gasteiger partial charge in [0.15, 0.2) is 0 Å². The lowest BCUT2D eigenvalue weighted by atomic mass is 10.0. The summed E-state index contributed by atoms with van der Waals surface area (Å²) < 4.78 is 0. The Balaban J connectivity index is 1.93. The second-order valence-electron chi connectivity index (χ2n) is 4.58. The molecule has 1 aliphatic heterocycles. The largest absolute Gasteiger partial charge is 0.317 e. The fourth-order valence-electron chi connectivity index (χ4n) is 2.30. The van der Waals surface area contributed by atoms with Crippen molar-refractivity contribution >= 4 is 11.3 Å². The van der Waals surface area contributed by atoms with E-state index in [-0.39, 0.29) is 0 Å². The van der Waals surface area contributed by atoms with Gasteiger partial charge in [-0.2, -0.15) is 0 Å². The monoisotopic (exact) mass is 239 g/mol. The van der Waals surface area contributed by atoms with Crippen molar-refractivity contribution in [1.29, 1.82) is 0 Å². The van der Waals surface area contributed by atoms with Crippen molar-refractivity contribution in [3.05, 3.63) is 16.1 Å². The Morgan fingerprint density at radius 3 is 2.69 bits per heavy atom. The first-order valence-corrected chi connectivity index (χ1v) is 6.86. The van der Waals surface area contributed by atoms with Gasteiger partial charge in [0.1, 0.15) is 5.01 Å². The summed E-state index contributed by atoms with van der Waals surface area (Å²) in [6.07, 6.45) is 4.49. The molecule has 1 atom stereocenters. The number of aryl methyl sites for hydroxylation is 1. The topological polar surface area (TPSA) is 28.2 Å². The summed E-state index contributed by atoms with van der Waals surface area (Å²) in [6.45, 7) is 6.77. The van der Waals surface area contributed by atoms with E-state index in [1.54, 1.807) is 0 Å². The van der Waals surface area contributed by atoms with Crippen molar-refractivity contribution in [3.8, 4) is 0 Å². The van der Waals surface area contributed by atoms with Crippen LogP contribution in [0.5, 0.6) is 0 Å². The maximum absolute atomic E-state index is 4.49. The zero-order valence-electron chi connectivity index (χ0n) is 10.4. The smallest absolute Gasteiger partial charge is 0.110 e. The van der Waals surface area contributed by atoms with Gasteiger partial charge in [0, 0.05) is 30.2 Å². The van der Waals surface area contributed by atoms with E-state index in [2.05, 4.69) is 36.1 Å². The number of aromatic nitrogens is 1. The quantitative estimate of drug-likeness (QED) is 0.876. The van der Waals surface area contributed by atoms with Crippen LogP contribution < -0.4 is 5.32 Å². The number of thiazole rings is 1. The number of hydrogen-bond acceptors (Lipinski definition) is 4. The maximum atomic E-state index is 4.49. The fraction of sp³-hybridized carbons (Fsp3) is 0.750. The van der Waals surface area contributed by atoms with Gasteiger partial charge in [-0.15, -0.1) is 11.3 Å². The number of piperidine rings is 1. The van der Waals surface area contributed by atoms with Crippen LogP contribution >= 0.6 is 11.3 Å². The minimum absolute atomic E-state index is 0.483. The van der Waals surface area contributed by atoms with E-state index in [1.807, 2.05) is 17.5 Å². The molecular formula is C12H21N3S. The Kier molecular flexibility index (Phi) is 3.95. The predicted molar refractivity (Wildman–Crippen MR) is 68.9 cm³/mol. The molecule has 0 bridgehead atoms. The molecular weight excluding hydrogens is 218 g/mol. The van der Waals surface area contributed by atoms with Crippen LogP contribution in [0.3, 0.4) is 0 Å². The first-order valence-electron chi connectivity index (χ1n) is 6.04. The Hall–Kier alpha value is -0.450. The summed E-state index contributed by atoms with van der Waals surface area (Å²) in [7, 11) is 2.06. The summed E-state index contributed by atoms with van der Waals surface area (Å²) in [5, 5.41) is 4.63. The summed E-state index contributed by atoms with van der Waals surface area (Å²) >= 11 is 1.83. The first-order chi connectivity index (χ1) is 7.70. The molecule has 1 N–H and O–H groups in total. The van der Waals surface area contributed by atoms with Crippen LogP contribution in [0.25, 0.3) is 0 Å².